The fourth-order valence-corrected chi connectivity index (χ4v) is 2.30. The molecule has 24 heavy (non-hydrogen) atoms. The first-order chi connectivity index (χ1) is 11.5. The molecule has 1 heterocycles. The molecule has 0 unspecified atom stereocenters. The number of aromatic nitrogens is 2. The topological polar surface area (TPSA) is 84.1 Å². The quantitative estimate of drug-likeness (QED) is 0.722. The Morgan fingerprint density at radius 3 is 2.75 bits per heavy atom. The Bertz CT molecular complexity index is 920. The van der Waals surface area contributed by atoms with Crippen molar-refractivity contribution < 1.29 is 18.7 Å². The zero-order valence-corrected chi connectivity index (χ0v) is 12.8. The van der Waals surface area contributed by atoms with E-state index < -0.39 is 11.9 Å². The molecular weight excluding hydrogens is 313 g/mol. The second-order valence-electron chi connectivity index (χ2n) is 5.17. The molecule has 0 radical (unpaired) electrons. The number of hydrogen-bond donors (Lipinski definition) is 2. The normalized spacial score (nSPS) is 10.6. The molecule has 0 bridgehead atoms. The van der Waals surface area contributed by atoms with Gasteiger partial charge < -0.3 is 10.1 Å². The van der Waals surface area contributed by atoms with E-state index >= 15 is 0 Å². The van der Waals surface area contributed by atoms with Crippen molar-refractivity contribution in [3.8, 4) is 11.1 Å². The smallest absolute Gasteiger partial charge is 0.303 e. The first kappa shape index (κ1) is 15.7. The van der Waals surface area contributed by atoms with Crippen molar-refractivity contribution in [2.75, 3.05) is 11.9 Å². The van der Waals surface area contributed by atoms with Crippen LogP contribution in [0.15, 0.2) is 42.5 Å². The second kappa shape index (κ2) is 6.49. The van der Waals surface area contributed by atoms with Crippen LogP contribution in [0.1, 0.15) is 6.92 Å². The van der Waals surface area contributed by atoms with E-state index in [0.717, 1.165) is 11.1 Å². The number of amides is 1. The summed E-state index contributed by atoms with van der Waals surface area (Å²) in [6, 6.07) is 11.7. The molecule has 0 aliphatic carbocycles. The van der Waals surface area contributed by atoms with Crippen molar-refractivity contribution in [1.82, 2.24) is 10.2 Å². The Kier molecular flexibility index (Phi) is 4.24. The Hall–Kier alpha value is -3.22. The van der Waals surface area contributed by atoms with E-state index in [-0.39, 0.29) is 12.4 Å². The average Bonchev–Trinajstić information content (AvgIpc) is 2.95. The van der Waals surface area contributed by atoms with Crippen LogP contribution in [0.3, 0.4) is 0 Å². The van der Waals surface area contributed by atoms with Crippen LogP contribution in [-0.4, -0.2) is 28.7 Å². The van der Waals surface area contributed by atoms with Gasteiger partial charge in [-0.1, -0.05) is 18.2 Å². The van der Waals surface area contributed by atoms with E-state index in [0.29, 0.717) is 16.7 Å². The van der Waals surface area contributed by atoms with E-state index in [1.165, 1.54) is 19.1 Å². The summed E-state index contributed by atoms with van der Waals surface area (Å²) in [5.74, 6) is -0.979. The van der Waals surface area contributed by atoms with Crippen LogP contribution in [0.25, 0.3) is 22.0 Å². The molecule has 7 heteroatoms. The number of rotatable bonds is 4. The van der Waals surface area contributed by atoms with Gasteiger partial charge in [-0.25, -0.2) is 4.39 Å². The maximum atomic E-state index is 13.3. The number of halogens is 1. The molecule has 3 rings (SSSR count). The van der Waals surface area contributed by atoms with Crippen molar-refractivity contribution >= 4 is 28.6 Å². The monoisotopic (exact) mass is 327 g/mol. The molecule has 0 fully saturated rings. The van der Waals surface area contributed by atoms with Gasteiger partial charge in [-0.15, -0.1) is 0 Å². The number of anilines is 1. The number of hydrogen-bond acceptors (Lipinski definition) is 4. The number of benzene rings is 2. The number of nitrogens with one attached hydrogen (secondary N) is 2. The van der Waals surface area contributed by atoms with Crippen molar-refractivity contribution in [3.63, 3.8) is 0 Å². The number of ether oxygens (including phenoxy) is 1. The Balaban J connectivity index is 1.83. The highest BCUT2D eigenvalue weighted by Gasteiger charge is 2.11. The Morgan fingerprint density at radius 2 is 2.00 bits per heavy atom. The fraction of sp³-hybridized carbons (Fsp3) is 0.118. The van der Waals surface area contributed by atoms with Gasteiger partial charge in [-0.05, 0) is 35.4 Å². The lowest BCUT2D eigenvalue weighted by molar-refractivity contribution is -0.144. The summed E-state index contributed by atoms with van der Waals surface area (Å²) in [5, 5.41) is 10.1. The lowest BCUT2D eigenvalue weighted by Gasteiger charge is -2.04. The minimum atomic E-state index is -0.531. The van der Waals surface area contributed by atoms with Gasteiger partial charge in [0.05, 0.1) is 5.52 Å². The van der Waals surface area contributed by atoms with E-state index in [1.807, 2.05) is 18.2 Å². The van der Waals surface area contributed by atoms with E-state index in [9.17, 15) is 14.0 Å². The predicted octanol–water partition coefficient (Wildman–Crippen LogP) is 2.87. The lowest BCUT2D eigenvalue weighted by atomic mass is 10.0. The maximum absolute atomic E-state index is 13.3. The molecular formula is C17H14FN3O3. The van der Waals surface area contributed by atoms with Gasteiger partial charge in [0.1, 0.15) is 5.82 Å². The van der Waals surface area contributed by atoms with Crippen LogP contribution in [0.4, 0.5) is 10.2 Å². The zero-order valence-electron chi connectivity index (χ0n) is 12.8. The summed E-state index contributed by atoms with van der Waals surface area (Å²) in [7, 11) is 0. The highest BCUT2D eigenvalue weighted by atomic mass is 19.1. The number of carbonyl (C=O) groups is 2. The van der Waals surface area contributed by atoms with E-state index in [4.69, 9.17) is 0 Å². The van der Waals surface area contributed by atoms with Gasteiger partial charge in [0.2, 0.25) is 0 Å². The third-order valence-electron chi connectivity index (χ3n) is 3.39. The van der Waals surface area contributed by atoms with Crippen LogP contribution in [0.5, 0.6) is 0 Å². The van der Waals surface area contributed by atoms with E-state index in [1.54, 1.807) is 12.1 Å². The maximum Gasteiger partial charge on any atom is 0.303 e. The van der Waals surface area contributed by atoms with Gasteiger partial charge in [-0.3, -0.25) is 14.7 Å². The molecule has 0 aliphatic heterocycles. The van der Waals surface area contributed by atoms with Gasteiger partial charge in [0, 0.05) is 12.3 Å². The first-order valence-electron chi connectivity index (χ1n) is 7.20. The SMILES string of the molecule is CC(=O)OCC(=O)Nc1n[nH]c2cc(-c3cccc(F)c3)ccc12. The number of esters is 1. The fourth-order valence-electron chi connectivity index (χ4n) is 2.30. The largest absolute Gasteiger partial charge is 0.456 e. The third kappa shape index (κ3) is 3.40. The third-order valence-corrected chi connectivity index (χ3v) is 3.39. The summed E-state index contributed by atoms with van der Waals surface area (Å²) in [6.07, 6.45) is 0. The summed E-state index contributed by atoms with van der Waals surface area (Å²) < 4.78 is 18.0. The van der Waals surface area contributed by atoms with Crippen LogP contribution < -0.4 is 5.32 Å². The first-order valence-corrected chi connectivity index (χ1v) is 7.20. The van der Waals surface area contributed by atoms with Crippen LogP contribution in [0.2, 0.25) is 0 Å². The summed E-state index contributed by atoms with van der Waals surface area (Å²) in [5.41, 5.74) is 2.26. The molecule has 0 saturated carbocycles. The number of carbonyl (C=O) groups excluding carboxylic acids is 2. The van der Waals surface area contributed by atoms with Gasteiger partial charge in [-0.2, -0.15) is 5.10 Å². The molecule has 0 atom stereocenters. The summed E-state index contributed by atoms with van der Waals surface area (Å²) in [6.45, 7) is 0.857. The molecule has 6 nitrogen and oxygen atoms in total. The van der Waals surface area contributed by atoms with Crippen molar-refractivity contribution in [3.05, 3.63) is 48.3 Å². The number of aromatic amines is 1. The van der Waals surface area contributed by atoms with Gasteiger partial charge in [0.25, 0.3) is 5.91 Å². The summed E-state index contributed by atoms with van der Waals surface area (Å²) in [4.78, 5) is 22.4. The minimum Gasteiger partial charge on any atom is -0.456 e. The number of H-pyrrole nitrogens is 1. The minimum absolute atomic E-state index is 0.310. The molecule has 2 N–H and O–H groups in total. The van der Waals surface area contributed by atoms with Crippen LogP contribution in [-0.2, 0) is 14.3 Å². The van der Waals surface area contributed by atoms with E-state index in [2.05, 4.69) is 20.3 Å². The standard InChI is InChI=1S/C17H14FN3O3/c1-10(22)24-9-16(23)19-17-14-6-5-12(8-15(14)20-21-17)11-3-2-4-13(18)7-11/h2-8H,9H2,1H3,(H2,19,20,21,23). The van der Waals surface area contributed by atoms with Crippen molar-refractivity contribution in [2.45, 2.75) is 6.92 Å². The molecule has 0 saturated heterocycles. The molecule has 122 valence electrons. The molecule has 2 aromatic carbocycles. The van der Waals surface area contributed by atoms with Crippen molar-refractivity contribution in [1.29, 1.82) is 0 Å². The Labute approximate surface area is 136 Å². The average molecular weight is 327 g/mol. The zero-order chi connectivity index (χ0) is 17.1. The Morgan fingerprint density at radius 1 is 1.21 bits per heavy atom. The number of fused-ring (bicyclic) bond motifs is 1. The van der Waals surface area contributed by atoms with Gasteiger partial charge >= 0.3 is 5.97 Å². The van der Waals surface area contributed by atoms with Crippen LogP contribution >= 0.6 is 0 Å². The van der Waals surface area contributed by atoms with Crippen molar-refractivity contribution in [2.24, 2.45) is 0 Å². The highest BCUT2D eigenvalue weighted by molar-refractivity contribution is 6.01. The van der Waals surface area contributed by atoms with Crippen LogP contribution in [0, 0.1) is 5.82 Å². The number of nitrogens with zero attached hydrogens (tertiary/aromatic N) is 1. The highest BCUT2D eigenvalue weighted by Crippen LogP contribution is 2.27. The molecule has 0 spiro atoms. The molecule has 3 aromatic rings. The van der Waals surface area contributed by atoms with Gasteiger partial charge in [0.15, 0.2) is 12.4 Å². The molecule has 1 aromatic heterocycles. The summed E-state index contributed by atoms with van der Waals surface area (Å²) >= 11 is 0. The second-order valence-corrected chi connectivity index (χ2v) is 5.17. The molecule has 0 aliphatic rings. The predicted molar refractivity (Wildman–Crippen MR) is 86.8 cm³/mol. The lowest BCUT2D eigenvalue weighted by Crippen LogP contribution is -2.20. The molecule has 1 amide bonds.